The van der Waals surface area contributed by atoms with Gasteiger partial charge in [-0.05, 0) is 17.7 Å². The summed E-state index contributed by atoms with van der Waals surface area (Å²) in [6, 6.07) is 13.4. The molecule has 2 N–H and O–H groups in total. The fourth-order valence-electron chi connectivity index (χ4n) is 2.84. The third-order valence-corrected chi connectivity index (χ3v) is 4.35. The minimum absolute atomic E-state index is 0.353. The zero-order valence-electron chi connectivity index (χ0n) is 13.0. The van der Waals surface area contributed by atoms with Gasteiger partial charge in [-0.15, -0.1) is 0 Å². The number of ether oxygens (including phenoxy) is 2. The molecule has 1 unspecified atom stereocenters. The molecule has 2 aromatic carbocycles. The predicted molar refractivity (Wildman–Crippen MR) is 89.6 cm³/mol. The quantitative estimate of drug-likeness (QED) is 0.877. The maximum absolute atomic E-state index is 11.2. The highest BCUT2D eigenvalue weighted by Crippen LogP contribution is 2.46. The van der Waals surface area contributed by atoms with E-state index in [2.05, 4.69) is 0 Å². The summed E-state index contributed by atoms with van der Waals surface area (Å²) < 4.78 is 11.2. The van der Waals surface area contributed by atoms with Crippen LogP contribution in [0.3, 0.4) is 0 Å². The van der Waals surface area contributed by atoms with Gasteiger partial charge >= 0.3 is 6.09 Å². The first kappa shape index (κ1) is 15.7. The molecule has 1 aliphatic rings. The first-order valence-electron chi connectivity index (χ1n) is 7.36. The van der Waals surface area contributed by atoms with E-state index in [9.17, 15) is 4.79 Å². The summed E-state index contributed by atoms with van der Waals surface area (Å²) in [6.45, 7) is 4.39. The fraction of sp³-hybridized carbons (Fsp3) is 0.278. The number of rotatable bonds is 2. The molecule has 1 atom stereocenters. The van der Waals surface area contributed by atoms with Gasteiger partial charge in [-0.2, -0.15) is 0 Å². The molecule has 0 aliphatic carbocycles. The Morgan fingerprint density at radius 3 is 2.74 bits per heavy atom. The van der Waals surface area contributed by atoms with Gasteiger partial charge in [-0.3, -0.25) is 0 Å². The lowest BCUT2D eigenvalue weighted by molar-refractivity contribution is -0.0176. The van der Waals surface area contributed by atoms with Crippen LogP contribution in [0.2, 0.25) is 5.02 Å². The van der Waals surface area contributed by atoms with Crippen molar-refractivity contribution in [2.75, 3.05) is 6.61 Å². The average Bonchev–Trinajstić information content (AvgIpc) is 2.50. The predicted octanol–water partition coefficient (Wildman–Crippen LogP) is 4.56. The maximum Gasteiger partial charge on any atom is 0.405 e. The van der Waals surface area contributed by atoms with Crippen molar-refractivity contribution in [3.63, 3.8) is 0 Å². The summed E-state index contributed by atoms with van der Waals surface area (Å²) in [6.07, 6.45) is -1.23. The van der Waals surface area contributed by atoms with Crippen molar-refractivity contribution in [3.8, 4) is 16.9 Å². The van der Waals surface area contributed by atoms with Crippen LogP contribution < -0.4 is 10.5 Å². The lowest BCUT2D eigenvalue weighted by atomic mass is 9.80. The third-order valence-electron chi connectivity index (χ3n) is 4.02. The number of halogens is 1. The van der Waals surface area contributed by atoms with Crippen LogP contribution >= 0.6 is 11.6 Å². The molecule has 0 saturated carbocycles. The highest BCUT2D eigenvalue weighted by atomic mass is 35.5. The molecule has 120 valence electrons. The van der Waals surface area contributed by atoms with Crippen LogP contribution in [0.15, 0.2) is 42.5 Å². The summed E-state index contributed by atoms with van der Waals surface area (Å²) in [5, 5.41) is 0.675. The third kappa shape index (κ3) is 2.99. The second-order valence-electron chi connectivity index (χ2n) is 6.33. The minimum Gasteiger partial charge on any atom is -0.492 e. The molecule has 2 aromatic rings. The van der Waals surface area contributed by atoms with E-state index in [0.29, 0.717) is 17.4 Å². The van der Waals surface area contributed by atoms with Gasteiger partial charge in [0.15, 0.2) is 0 Å². The van der Waals surface area contributed by atoms with Gasteiger partial charge in [0.05, 0.1) is 6.61 Å². The number of hydrogen-bond acceptors (Lipinski definition) is 3. The van der Waals surface area contributed by atoms with Crippen LogP contribution in [0.5, 0.6) is 5.75 Å². The molecule has 0 radical (unpaired) electrons. The Hall–Kier alpha value is -2.20. The number of benzene rings is 2. The van der Waals surface area contributed by atoms with Gasteiger partial charge in [0.2, 0.25) is 0 Å². The second kappa shape index (κ2) is 5.78. The molecule has 0 saturated heterocycles. The lowest BCUT2D eigenvalue weighted by Gasteiger charge is -2.38. The molecule has 0 aromatic heterocycles. The summed E-state index contributed by atoms with van der Waals surface area (Å²) in [7, 11) is 0. The second-order valence-corrected chi connectivity index (χ2v) is 6.73. The molecule has 1 heterocycles. The van der Waals surface area contributed by atoms with E-state index in [-0.39, 0.29) is 5.41 Å². The van der Waals surface area contributed by atoms with Crippen molar-refractivity contribution >= 4 is 17.7 Å². The Morgan fingerprint density at radius 1 is 1.30 bits per heavy atom. The van der Waals surface area contributed by atoms with Crippen molar-refractivity contribution in [1.29, 1.82) is 0 Å². The number of carbonyl (C=O) groups is 1. The van der Waals surface area contributed by atoms with Gasteiger partial charge < -0.3 is 15.2 Å². The molecule has 4 nitrogen and oxygen atoms in total. The fourth-order valence-corrected chi connectivity index (χ4v) is 3.08. The first-order valence-corrected chi connectivity index (χ1v) is 7.74. The van der Waals surface area contributed by atoms with Crippen molar-refractivity contribution < 1.29 is 14.3 Å². The van der Waals surface area contributed by atoms with Gasteiger partial charge in [0.25, 0.3) is 0 Å². The maximum atomic E-state index is 11.2. The average molecular weight is 332 g/mol. The zero-order chi connectivity index (χ0) is 16.6. The van der Waals surface area contributed by atoms with E-state index in [4.69, 9.17) is 26.8 Å². The van der Waals surface area contributed by atoms with Gasteiger partial charge in [0, 0.05) is 21.6 Å². The smallest absolute Gasteiger partial charge is 0.405 e. The standard InChI is InChI=1S/C18H18ClNO3/c1-18(2)10-22-15-9-11(12-5-3-4-6-14(12)19)7-8-13(15)16(18)23-17(20)21/h3-9,16H,10H2,1-2H3,(H2,20,21). The normalized spacial score (nSPS) is 18.7. The zero-order valence-corrected chi connectivity index (χ0v) is 13.8. The lowest BCUT2D eigenvalue weighted by Crippen LogP contribution is -2.37. The summed E-state index contributed by atoms with van der Waals surface area (Å²) >= 11 is 6.26. The summed E-state index contributed by atoms with van der Waals surface area (Å²) in [5.74, 6) is 0.688. The highest BCUT2D eigenvalue weighted by molar-refractivity contribution is 6.33. The van der Waals surface area contributed by atoms with Crippen molar-refractivity contribution in [2.24, 2.45) is 11.1 Å². The monoisotopic (exact) mass is 331 g/mol. The Balaban J connectivity index is 2.04. The topological polar surface area (TPSA) is 61.6 Å². The van der Waals surface area contributed by atoms with Crippen LogP contribution in [0.1, 0.15) is 25.5 Å². The van der Waals surface area contributed by atoms with E-state index in [1.807, 2.05) is 56.3 Å². The van der Waals surface area contributed by atoms with Crippen LogP contribution in [0.25, 0.3) is 11.1 Å². The van der Waals surface area contributed by atoms with Gasteiger partial charge in [-0.1, -0.05) is 55.8 Å². The Kier molecular flexibility index (Phi) is 3.94. The molecular formula is C18H18ClNO3. The van der Waals surface area contributed by atoms with Gasteiger partial charge in [0.1, 0.15) is 11.9 Å². The number of carbonyl (C=O) groups excluding carboxylic acids is 1. The molecule has 1 amide bonds. The van der Waals surface area contributed by atoms with Crippen molar-refractivity contribution in [1.82, 2.24) is 0 Å². The molecule has 0 fully saturated rings. The highest BCUT2D eigenvalue weighted by Gasteiger charge is 2.40. The summed E-state index contributed by atoms with van der Waals surface area (Å²) in [4.78, 5) is 11.2. The molecule has 5 heteroatoms. The molecule has 3 rings (SSSR count). The van der Waals surface area contributed by atoms with Crippen LogP contribution in [-0.2, 0) is 4.74 Å². The van der Waals surface area contributed by atoms with E-state index in [0.717, 1.165) is 16.7 Å². The van der Waals surface area contributed by atoms with E-state index >= 15 is 0 Å². The van der Waals surface area contributed by atoms with Crippen molar-refractivity contribution in [3.05, 3.63) is 53.1 Å². The van der Waals surface area contributed by atoms with Crippen molar-refractivity contribution in [2.45, 2.75) is 20.0 Å². The largest absolute Gasteiger partial charge is 0.492 e. The SMILES string of the molecule is CC1(C)COc2cc(-c3ccccc3Cl)ccc2C1OC(N)=O. The Bertz CT molecular complexity index is 758. The minimum atomic E-state index is -0.786. The van der Waals surface area contributed by atoms with Gasteiger partial charge in [-0.25, -0.2) is 4.79 Å². The molecule has 0 spiro atoms. The number of amides is 1. The molecule has 23 heavy (non-hydrogen) atoms. The Labute approximate surface area is 140 Å². The summed E-state index contributed by atoms with van der Waals surface area (Å²) in [5.41, 5.74) is 7.56. The number of primary amides is 1. The number of nitrogens with two attached hydrogens (primary N) is 1. The van der Waals surface area contributed by atoms with E-state index in [1.165, 1.54) is 0 Å². The van der Waals surface area contributed by atoms with Crippen LogP contribution in [-0.4, -0.2) is 12.7 Å². The Morgan fingerprint density at radius 2 is 2.04 bits per heavy atom. The molecule has 1 aliphatic heterocycles. The van der Waals surface area contributed by atoms with Crippen LogP contribution in [0, 0.1) is 5.41 Å². The molecule has 0 bridgehead atoms. The number of hydrogen-bond donors (Lipinski definition) is 1. The van der Waals surface area contributed by atoms with E-state index < -0.39 is 12.2 Å². The number of fused-ring (bicyclic) bond motifs is 1. The van der Waals surface area contributed by atoms with Crippen LogP contribution in [0.4, 0.5) is 4.79 Å². The van der Waals surface area contributed by atoms with E-state index in [1.54, 1.807) is 0 Å². The molecular weight excluding hydrogens is 314 g/mol. The first-order chi connectivity index (χ1) is 10.9.